The van der Waals surface area contributed by atoms with Crippen LogP contribution in [0, 0.1) is 0 Å². The molecule has 1 saturated heterocycles. The van der Waals surface area contributed by atoms with E-state index in [1.807, 2.05) is 35.2 Å². The number of imide groups is 1. The number of fused-ring (bicyclic) bond motifs is 1. The molecule has 0 atom stereocenters. The summed E-state index contributed by atoms with van der Waals surface area (Å²) in [6.45, 7) is 6.55. The molecule has 0 bridgehead atoms. The van der Waals surface area contributed by atoms with Crippen molar-refractivity contribution in [2.45, 2.75) is 44.9 Å². The minimum absolute atomic E-state index is 0.114. The second kappa shape index (κ2) is 14.1. The molecule has 2 aromatic carbocycles. The molecule has 1 fully saturated rings. The van der Waals surface area contributed by atoms with Crippen molar-refractivity contribution in [1.29, 1.82) is 0 Å². The Bertz CT molecular complexity index is 1000. The maximum absolute atomic E-state index is 13.1. The summed E-state index contributed by atoms with van der Waals surface area (Å²) in [5.74, 6) is -0.224. The number of nitrogens with zero attached hydrogens (tertiary/aromatic N) is 3. The maximum atomic E-state index is 13.1. The van der Waals surface area contributed by atoms with Crippen molar-refractivity contribution >= 4 is 17.7 Å². The molecular weight excluding hydrogens is 466 g/mol. The summed E-state index contributed by atoms with van der Waals surface area (Å²) in [7, 11) is 0. The van der Waals surface area contributed by atoms with Gasteiger partial charge in [-0.3, -0.25) is 24.2 Å². The van der Waals surface area contributed by atoms with Crippen LogP contribution in [0.5, 0.6) is 0 Å². The van der Waals surface area contributed by atoms with Gasteiger partial charge in [0.05, 0.1) is 24.3 Å². The van der Waals surface area contributed by atoms with Crippen LogP contribution in [0.1, 0.15) is 76.0 Å². The summed E-state index contributed by atoms with van der Waals surface area (Å²) in [4.78, 5) is 43.9. The van der Waals surface area contributed by atoms with Crippen LogP contribution in [0.4, 0.5) is 0 Å². The van der Waals surface area contributed by atoms with Crippen molar-refractivity contribution in [2.75, 3.05) is 52.5 Å². The van der Waals surface area contributed by atoms with Crippen LogP contribution in [-0.4, -0.2) is 84.9 Å². The fourth-order valence-electron chi connectivity index (χ4n) is 5.11. The van der Waals surface area contributed by atoms with E-state index in [9.17, 15) is 14.4 Å². The lowest BCUT2D eigenvalue weighted by Gasteiger charge is -2.28. The monoisotopic (exact) mass is 505 g/mol. The van der Waals surface area contributed by atoms with Crippen LogP contribution in [0.3, 0.4) is 0 Å². The molecule has 0 aliphatic carbocycles. The predicted octanol–water partition coefficient (Wildman–Crippen LogP) is 4.49. The topological polar surface area (TPSA) is 70.2 Å². The fraction of sp³-hybridized carbons (Fsp3) is 0.500. The molecule has 198 valence electrons. The lowest BCUT2D eigenvalue weighted by Crippen LogP contribution is -2.39. The van der Waals surface area contributed by atoms with E-state index in [-0.39, 0.29) is 17.7 Å². The minimum Gasteiger partial charge on any atom is -0.379 e. The lowest BCUT2D eigenvalue weighted by atomic mass is 10.1. The van der Waals surface area contributed by atoms with Gasteiger partial charge in [0.2, 0.25) is 0 Å². The molecule has 0 radical (unpaired) electrons. The van der Waals surface area contributed by atoms with Gasteiger partial charge in [-0.1, -0.05) is 56.0 Å². The molecule has 0 N–H and O–H groups in total. The first-order chi connectivity index (χ1) is 18.1. The van der Waals surface area contributed by atoms with Crippen molar-refractivity contribution in [3.05, 3.63) is 71.3 Å². The average molecular weight is 506 g/mol. The van der Waals surface area contributed by atoms with E-state index in [1.165, 1.54) is 4.90 Å². The van der Waals surface area contributed by atoms with Gasteiger partial charge in [-0.25, -0.2) is 0 Å². The van der Waals surface area contributed by atoms with E-state index < -0.39 is 0 Å². The van der Waals surface area contributed by atoms with E-state index >= 15 is 0 Å². The number of benzene rings is 2. The molecule has 4 rings (SSSR count). The Balaban J connectivity index is 1.14. The first-order valence-electron chi connectivity index (χ1n) is 13.7. The molecule has 0 saturated carbocycles. The largest absolute Gasteiger partial charge is 0.379 e. The third kappa shape index (κ3) is 7.49. The number of rotatable bonds is 14. The van der Waals surface area contributed by atoms with Gasteiger partial charge >= 0.3 is 0 Å². The Morgan fingerprint density at radius 3 is 1.95 bits per heavy atom. The van der Waals surface area contributed by atoms with Crippen LogP contribution < -0.4 is 0 Å². The Kier molecular flexibility index (Phi) is 10.3. The van der Waals surface area contributed by atoms with Gasteiger partial charge in [0.15, 0.2) is 0 Å². The molecule has 0 aromatic heterocycles. The van der Waals surface area contributed by atoms with E-state index in [0.29, 0.717) is 17.7 Å². The van der Waals surface area contributed by atoms with Crippen molar-refractivity contribution in [3.8, 4) is 0 Å². The summed E-state index contributed by atoms with van der Waals surface area (Å²) >= 11 is 0. The SMILES string of the molecule is O=C(c1ccccc1)N(CCCCCCCCN1C(=O)c2ccccc2C1=O)CCCN1CCOCC1. The number of carbonyl (C=O) groups is 3. The molecule has 2 aliphatic heterocycles. The molecule has 7 heteroatoms. The van der Waals surface area contributed by atoms with Crippen LogP contribution in [0.2, 0.25) is 0 Å². The van der Waals surface area contributed by atoms with Crippen LogP contribution in [-0.2, 0) is 4.74 Å². The summed E-state index contributed by atoms with van der Waals surface area (Å²) in [6, 6.07) is 16.6. The molecule has 2 aliphatic rings. The third-order valence-corrected chi connectivity index (χ3v) is 7.25. The highest BCUT2D eigenvalue weighted by Crippen LogP contribution is 2.23. The standard InChI is InChI=1S/C30H39N3O4/c34-28(25-13-6-5-7-14-25)32(19-12-17-31-21-23-37-24-22-31)18-10-3-1-2-4-11-20-33-29(35)26-15-8-9-16-27(26)30(33)36/h5-9,13-16H,1-4,10-12,17-24H2. The summed E-state index contributed by atoms with van der Waals surface area (Å²) < 4.78 is 5.43. The zero-order valence-electron chi connectivity index (χ0n) is 21.8. The quantitative estimate of drug-likeness (QED) is 0.280. The second-order valence-corrected chi connectivity index (χ2v) is 9.89. The van der Waals surface area contributed by atoms with E-state index in [1.54, 1.807) is 24.3 Å². The number of carbonyl (C=O) groups excluding carboxylic acids is 3. The first-order valence-corrected chi connectivity index (χ1v) is 13.7. The highest BCUT2D eigenvalue weighted by molar-refractivity contribution is 6.21. The zero-order valence-corrected chi connectivity index (χ0v) is 21.8. The molecule has 7 nitrogen and oxygen atoms in total. The predicted molar refractivity (Wildman–Crippen MR) is 144 cm³/mol. The Morgan fingerprint density at radius 2 is 1.27 bits per heavy atom. The molecule has 2 heterocycles. The second-order valence-electron chi connectivity index (χ2n) is 9.89. The summed E-state index contributed by atoms with van der Waals surface area (Å²) in [5, 5.41) is 0. The molecule has 2 aromatic rings. The Hall–Kier alpha value is -3.03. The van der Waals surface area contributed by atoms with E-state index in [4.69, 9.17) is 4.74 Å². The van der Waals surface area contributed by atoms with Crippen LogP contribution >= 0.6 is 0 Å². The number of ether oxygens (including phenoxy) is 1. The van der Waals surface area contributed by atoms with Crippen LogP contribution in [0.25, 0.3) is 0 Å². The van der Waals surface area contributed by atoms with Gasteiger partial charge in [0, 0.05) is 44.8 Å². The van der Waals surface area contributed by atoms with Crippen molar-refractivity contribution in [3.63, 3.8) is 0 Å². The molecule has 0 unspecified atom stereocenters. The van der Waals surface area contributed by atoms with Gasteiger partial charge in [0.1, 0.15) is 0 Å². The van der Waals surface area contributed by atoms with E-state index in [0.717, 1.165) is 96.4 Å². The van der Waals surface area contributed by atoms with Crippen molar-refractivity contribution in [1.82, 2.24) is 14.7 Å². The molecule has 3 amide bonds. The lowest BCUT2D eigenvalue weighted by molar-refractivity contribution is 0.0357. The van der Waals surface area contributed by atoms with Crippen LogP contribution in [0.15, 0.2) is 54.6 Å². The molecule has 0 spiro atoms. The van der Waals surface area contributed by atoms with Gasteiger partial charge in [-0.2, -0.15) is 0 Å². The number of unbranched alkanes of at least 4 members (excludes halogenated alkanes) is 5. The molecule has 37 heavy (non-hydrogen) atoms. The highest BCUT2D eigenvalue weighted by atomic mass is 16.5. The zero-order chi connectivity index (χ0) is 25.9. The van der Waals surface area contributed by atoms with Crippen molar-refractivity contribution in [2.24, 2.45) is 0 Å². The smallest absolute Gasteiger partial charge is 0.261 e. The van der Waals surface area contributed by atoms with Crippen molar-refractivity contribution < 1.29 is 19.1 Å². The molecular formula is C30H39N3O4. The third-order valence-electron chi connectivity index (χ3n) is 7.25. The highest BCUT2D eigenvalue weighted by Gasteiger charge is 2.34. The summed E-state index contributed by atoms with van der Waals surface area (Å²) in [5.41, 5.74) is 1.79. The summed E-state index contributed by atoms with van der Waals surface area (Å²) in [6.07, 6.45) is 6.97. The van der Waals surface area contributed by atoms with Gasteiger partial charge < -0.3 is 9.64 Å². The normalized spacial score (nSPS) is 15.7. The first kappa shape index (κ1) is 27.0. The average Bonchev–Trinajstić information content (AvgIpc) is 3.19. The number of amides is 3. The van der Waals surface area contributed by atoms with Gasteiger partial charge in [0.25, 0.3) is 17.7 Å². The van der Waals surface area contributed by atoms with E-state index in [2.05, 4.69) is 4.90 Å². The number of morpholine rings is 1. The van der Waals surface area contributed by atoms with Gasteiger partial charge in [-0.15, -0.1) is 0 Å². The number of hydrogen-bond donors (Lipinski definition) is 0. The fourth-order valence-corrected chi connectivity index (χ4v) is 5.11. The number of hydrogen-bond acceptors (Lipinski definition) is 5. The maximum Gasteiger partial charge on any atom is 0.261 e. The Morgan fingerprint density at radius 1 is 0.703 bits per heavy atom. The minimum atomic E-state index is -0.169. The Labute approximate surface area is 220 Å². The van der Waals surface area contributed by atoms with Gasteiger partial charge in [-0.05, 0) is 43.5 Å².